The number of rotatable bonds is 5. The van der Waals surface area contributed by atoms with Crippen LogP contribution in [0.4, 0.5) is 0 Å². The zero-order chi connectivity index (χ0) is 14.2. The average molecular weight is 283 g/mol. The first-order valence-electron chi connectivity index (χ1n) is 7.77. The number of fused-ring (bicyclic) bond motifs is 1. The summed E-state index contributed by atoms with van der Waals surface area (Å²) in [6, 6.07) is 9.07. The van der Waals surface area contributed by atoms with E-state index in [2.05, 4.69) is 40.2 Å². The Hall–Kier alpha value is -1.81. The van der Waals surface area contributed by atoms with Crippen molar-refractivity contribution in [3.05, 3.63) is 47.3 Å². The molecule has 1 aromatic heterocycles. The van der Waals surface area contributed by atoms with Crippen LogP contribution in [0, 0.1) is 6.92 Å². The first-order valence-corrected chi connectivity index (χ1v) is 7.77. The van der Waals surface area contributed by atoms with E-state index in [-0.39, 0.29) is 0 Å². The number of benzene rings is 1. The maximum absolute atomic E-state index is 5.76. The summed E-state index contributed by atoms with van der Waals surface area (Å²) in [6.45, 7) is 4.76. The molecule has 0 radical (unpaired) electrons. The SMILES string of the molecule is Cc1c(CNC2CC2)cnn1CC1COc2ccccc21. The minimum absolute atomic E-state index is 0.407. The molecule has 1 aliphatic carbocycles. The molecule has 1 N–H and O–H groups in total. The molecular weight excluding hydrogens is 262 g/mol. The van der Waals surface area contributed by atoms with Crippen molar-refractivity contribution in [1.82, 2.24) is 15.1 Å². The van der Waals surface area contributed by atoms with Gasteiger partial charge in [0.2, 0.25) is 0 Å². The molecule has 0 saturated heterocycles. The van der Waals surface area contributed by atoms with E-state index in [0.717, 1.165) is 31.5 Å². The summed E-state index contributed by atoms with van der Waals surface area (Å²) in [7, 11) is 0. The third-order valence-electron chi connectivity index (χ3n) is 4.56. The molecule has 4 rings (SSSR count). The molecule has 4 heteroatoms. The highest BCUT2D eigenvalue weighted by atomic mass is 16.5. The minimum Gasteiger partial charge on any atom is -0.493 e. The van der Waals surface area contributed by atoms with E-state index in [1.807, 2.05) is 12.3 Å². The number of nitrogens with one attached hydrogen (secondary N) is 1. The Morgan fingerprint density at radius 1 is 1.33 bits per heavy atom. The van der Waals surface area contributed by atoms with Crippen molar-refractivity contribution in [3.8, 4) is 5.75 Å². The molecule has 2 heterocycles. The maximum Gasteiger partial charge on any atom is 0.122 e. The van der Waals surface area contributed by atoms with E-state index < -0.39 is 0 Å². The van der Waals surface area contributed by atoms with Gasteiger partial charge in [-0.3, -0.25) is 4.68 Å². The summed E-state index contributed by atoms with van der Waals surface area (Å²) in [6.07, 6.45) is 4.65. The lowest BCUT2D eigenvalue weighted by Crippen LogP contribution is -2.16. The number of ether oxygens (including phenoxy) is 1. The topological polar surface area (TPSA) is 39.1 Å². The Morgan fingerprint density at radius 3 is 3.05 bits per heavy atom. The molecule has 0 spiro atoms. The number of nitrogens with zero attached hydrogens (tertiary/aromatic N) is 2. The lowest BCUT2D eigenvalue weighted by molar-refractivity contribution is 0.314. The van der Waals surface area contributed by atoms with Gasteiger partial charge in [0.05, 0.1) is 19.3 Å². The van der Waals surface area contributed by atoms with Crippen LogP contribution in [0.3, 0.4) is 0 Å². The van der Waals surface area contributed by atoms with Crippen LogP contribution in [0.25, 0.3) is 0 Å². The van der Waals surface area contributed by atoms with E-state index in [1.54, 1.807) is 0 Å². The zero-order valence-electron chi connectivity index (χ0n) is 12.4. The summed E-state index contributed by atoms with van der Waals surface area (Å²) in [4.78, 5) is 0. The predicted octanol–water partition coefficient (Wildman–Crippen LogP) is 2.62. The quantitative estimate of drug-likeness (QED) is 0.917. The van der Waals surface area contributed by atoms with Crippen molar-refractivity contribution in [3.63, 3.8) is 0 Å². The maximum atomic E-state index is 5.76. The molecule has 1 fully saturated rings. The molecule has 2 aliphatic rings. The van der Waals surface area contributed by atoms with Gasteiger partial charge in [-0.05, 0) is 25.8 Å². The second-order valence-electron chi connectivity index (χ2n) is 6.14. The Labute approximate surface area is 125 Å². The average Bonchev–Trinajstić information content (AvgIpc) is 3.16. The van der Waals surface area contributed by atoms with Gasteiger partial charge in [0.1, 0.15) is 5.75 Å². The fourth-order valence-electron chi connectivity index (χ4n) is 2.97. The van der Waals surface area contributed by atoms with Crippen molar-refractivity contribution in [1.29, 1.82) is 0 Å². The number of aromatic nitrogens is 2. The van der Waals surface area contributed by atoms with E-state index in [1.165, 1.54) is 29.7 Å². The molecule has 0 amide bonds. The molecule has 110 valence electrons. The van der Waals surface area contributed by atoms with Gasteiger partial charge in [-0.25, -0.2) is 0 Å². The Balaban J connectivity index is 1.47. The van der Waals surface area contributed by atoms with Crippen molar-refractivity contribution < 1.29 is 4.74 Å². The Bertz CT molecular complexity index is 645. The molecule has 4 nitrogen and oxygen atoms in total. The molecule has 1 saturated carbocycles. The predicted molar refractivity (Wildman–Crippen MR) is 81.5 cm³/mol. The van der Waals surface area contributed by atoms with Crippen molar-refractivity contribution in [2.75, 3.05) is 6.61 Å². The standard InChI is InChI=1S/C17H21N3O/c1-12-13(8-18-15-6-7-15)9-19-20(12)10-14-11-21-17-5-3-2-4-16(14)17/h2-5,9,14-15,18H,6-8,10-11H2,1H3. The van der Waals surface area contributed by atoms with Crippen LogP contribution in [-0.4, -0.2) is 22.4 Å². The van der Waals surface area contributed by atoms with Crippen LogP contribution >= 0.6 is 0 Å². The van der Waals surface area contributed by atoms with E-state index >= 15 is 0 Å². The van der Waals surface area contributed by atoms with Gasteiger partial charge >= 0.3 is 0 Å². The third kappa shape index (κ3) is 2.56. The smallest absolute Gasteiger partial charge is 0.122 e. The summed E-state index contributed by atoms with van der Waals surface area (Å²) in [5.41, 5.74) is 3.90. The molecular formula is C17H21N3O. The summed E-state index contributed by atoms with van der Waals surface area (Å²) in [5, 5.41) is 8.13. The van der Waals surface area contributed by atoms with Gasteiger partial charge in [0.25, 0.3) is 0 Å². The van der Waals surface area contributed by atoms with E-state index in [4.69, 9.17) is 4.74 Å². The second kappa shape index (κ2) is 5.19. The number of hydrogen-bond acceptors (Lipinski definition) is 3. The van der Waals surface area contributed by atoms with Gasteiger partial charge in [0, 0.05) is 35.3 Å². The van der Waals surface area contributed by atoms with Crippen LogP contribution in [-0.2, 0) is 13.1 Å². The largest absolute Gasteiger partial charge is 0.493 e. The highest BCUT2D eigenvalue weighted by Crippen LogP contribution is 2.34. The monoisotopic (exact) mass is 283 g/mol. The van der Waals surface area contributed by atoms with Crippen LogP contribution in [0.15, 0.2) is 30.5 Å². The summed E-state index contributed by atoms with van der Waals surface area (Å²) in [5.74, 6) is 1.44. The first kappa shape index (κ1) is 12.9. The number of para-hydroxylation sites is 1. The normalized spacial score (nSPS) is 20.3. The van der Waals surface area contributed by atoms with Crippen molar-refractivity contribution >= 4 is 0 Å². The second-order valence-corrected chi connectivity index (χ2v) is 6.14. The third-order valence-corrected chi connectivity index (χ3v) is 4.56. The number of hydrogen-bond donors (Lipinski definition) is 1. The van der Waals surface area contributed by atoms with E-state index in [0.29, 0.717) is 5.92 Å². The Kier molecular flexibility index (Phi) is 3.19. The van der Waals surface area contributed by atoms with Crippen molar-refractivity contribution in [2.24, 2.45) is 0 Å². The minimum atomic E-state index is 0.407. The fraction of sp³-hybridized carbons (Fsp3) is 0.471. The summed E-state index contributed by atoms with van der Waals surface area (Å²) < 4.78 is 7.89. The van der Waals surface area contributed by atoms with Crippen LogP contribution in [0.2, 0.25) is 0 Å². The van der Waals surface area contributed by atoms with Gasteiger partial charge in [-0.2, -0.15) is 5.10 Å². The van der Waals surface area contributed by atoms with Crippen LogP contribution in [0.1, 0.15) is 35.6 Å². The van der Waals surface area contributed by atoms with Gasteiger partial charge in [0.15, 0.2) is 0 Å². The van der Waals surface area contributed by atoms with Gasteiger partial charge in [-0.1, -0.05) is 18.2 Å². The zero-order valence-corrected chi connectivity index (χ0v) is 12.4. The molecule has 1 aliphatic heterocycles. The molecule has 1 atom stereocenters. The lowest BCUT2D eigenvalue weighted by atomic mass is 10.0. The highest BCUT2D eigenvalue weighted by Gasteiger charge is 2.25. The van der Waals surface area contributed by atoms with Crippen LogP contribution in [0.5, 0.6) is 5.75 Å². The molecule has 1 aromatic carbocycles. The molecule has 1 unspecified atom stereocenters. The summed E-state index contributed by atoms with van der Waals surface area (Å²) >= 11 is 0. The molecule has 0 bridgehead atoms. The van der Waals surface area contributed by atoms with E-state index in [9.17, 15) is 0 Å². The van der Waals surface area contributed by atoms with Gasteiger partial charge in [-0.15, -0.1) is 0 Å². The van der Waals surface area contributed by atoms with Crippen LogP contribution < -0.4 is 10.1 Å². The lowest BCUT2D eigenvalue weighted by Gasteiger charge is -2.11. The first-order chi connectivity index (χ1) is 10.3. The molecule has 21 heavy (non-hydrogen) atoms. The van der Waals surface area contributed by atoms with Crippen molar-refractivity contribution in [2.45, 2.75) is 44.8 Å². The fourth-order valence-corrected chi connectivity index (χ4v) is 2.97. The molecule has 2 aromatic rings. The Morgan fingerprint density at radius 2 is 2.19 bits per heavy atom. The highest BCUT2D eigenvalue weighted by molar-refractivity contribution is 5.39. The van der Waals surface area contributed by atoms with Gasteiger partial charge < -0.3 is 10.1 Å².